The van der Waals surface area contributed by atoms with Gasteiger partial charge in [-0.05, 0) is 24.3 Å². The van der Waals surface area contributed by atoms with Crippen molar-refractivity contribution >= 4 is 85.3 Å². The Hall–Kier alpha value is -0.0700. The molecular weight excluding hydrogens is 435 g/mol. The molecule has 0 unspecified atom stereocenters. The number of hydrogen-bond acceptors (Lipinski definition) is 2. The lowest BCUT2D eigenvalue weighted by Crippen LogP contribution is -2.14. The molecule has 0 heterocycles. The maximum atomic E-state index is 12.4. The molecule has 10 heteroatoms. The van der Waals surface area contributed by atoms with Crippen LogP contribution in [0.25, 0.3) is 0 Å². The molecule has 0 spiro atoms. The van der Waals surface area contributed by atoms with Crippen molar-refractivity contribution in [3.05, 3.63) is 54.4 Å². The van der Waals surface area contributed by atoms with Crippen LogP contribution in [-0.2, 0) is 10.0 Å². The average Bonchev–Trinajstić information content (AvgIpc) is 2.39. The molecule has 0 saturated heterocycles. The van der Waals surface area contributed by atoms with E-state index in [1.54, 1.807) is 0 Å². The summed E-state index contributed by atoms with van der Waals surface area (Å²) in [5.41, 5.74) is 0.0539. The molecule has 0 aliphatic carbocycles. The van der Waals surface area contributed by atoms with Gasteiger partial charge in [-0.15, -0.1) is 0 Å². The number of anilines is 1. The fourth-order valence-electron chi connectivity index (χ4n) is 1.51. The van der Waals surface area contributed by atoms with E-state index < -0.39 is 10.0 Å². The number of benzene rings is 2. The fourth-order valence-corrected chi connectivity index (χ4v) is 4.23. The molecule has 0 aromatic heterocycles. The third kappa shape index (κ3) is 3.88. The van der Waals surface area contributed by atoms with E-state index in [9.17, 15) is 8.42 Å². The Labute approximate surface area is 157 Å². The molecule has 0 saturated carbocycles. The lowest BCUT2D eigenvalue weighted by Gasteiger charge is -2.12. The Kier molecular flexibility index (Phi) is 5.66. The van der Waals surface area contributed by atoms with Crippen molar-refractivity contribution in [2.45, 2.75) is 4.90 Å². The molecule has 2 aromatic rings. The van der Waals surface area contributed by atoms with Gasteiger partial charge in [-0.3, -0.25) is 4.72 Å². The number of halogens is 6. The second kappa shape index (κ2) is 6.81. The van der Waals surface area contributed by atoms with Crippen LogP contribution in [0.1, 0.15) is 0 Å². The first-order valence-corrected chi connectivity index (χ1v) is 9.19. The van der Waals surface area contributed by atoms with Gasteiger partial charge < -0.3 is 0 Å². The molecule has 0 aliphatic rings. The molecule has 0 amide bonds. The summed E-state index contributed by atoms with van der Waals surface area (Å²) >= 11 is 35.1. The Bertz CT molecular complexity index is 853. The predicted octanol–water partition coefficient (Wildman–Crippen LogP) is 6.41. The largest absolute Gasteiger partial charge is 0.278 e. The second-order valence-electron chi connectivity index (χ2n) is 4.05. The Balaban J connectivity index is 2.49. The average molecular weight is 440 g/mol. The van der Waals surface area contributed by atoms with Crippen LogP contribution in [-0.4, -0.2) is 8.42 Å². The Morgan fingerprint density at radius 3 is 1.68 bits per heavy atom. The van der Waals surface area contributed by atoms with Gasteiger partial charge in [0.1, 0.15) is 4.90 Å². The molecule has 1 N–H and O–H groups in total. The highest BCUT2D eigenvalue weighted by Gasteiger charge is 2.21. The summed E-state index contributed by atoms with van der Waals surface area (Å²) in [5.74, 6) is 0. The van der Waals surface area contributed by atoms with Gasteiger partial charge in [-0.1, -0.05) is 69.6 Å². The van der Waals surface area contributed by atoms with Crippen LogP contribution in [0, 0.1) is 0 Å². The minimum Gasteiger partial charge on any atom is -0.278 e. The van der Waals surface area contributed by atoms with Crippen molar-refractivity contribution in [2.24, 2.45) is 0 Å². The smallest absolute Gasteiger partial charge is 0.263 e. The molecule has 118 valence electrons. The van der Waals surface area contributed by atoms with Crippen LogP contribution in [0.3, 0.4) is 0 Å². The van der Waals surface area contributed by atoms with Gasteiger partial charge in [0.15, 0.2) is 0 Å². The molecule has 0 fully saturated rings. The highest BCUT2D eigenvalue weighted by molar-refractivity contribution is 7.92. The standard InChI is InChI=1S/C12H5Cl6NO2S/c13-5-1-9(17)11(3-7(5)15)19-22(20,21)12-4-8(16)6(14)2-10(12)18/h1-4,19H. The minimum atomic E-state index is -4.05. The second-order valence-corrected chi connectivity index (χ2v) is 8.14. The summed E-state index contributed by atoms with van der Waals surface area (Å²) in [6, 6.07) is 4.98. The first kappa shape index (κ1) is 18.3. The van der Waals surface area contributed by atoms with Crippen LogP contribution in [0.5, 0.6) is 0 Å². The lowest BCUT2D eigenvalue weighted by atomic mass is 10.3. The van der Waals surface area contributed by atoms with Gasteiger partial charge in [-0.2, -0.15) is 0 Å². The first-order valence-electron chi connectivity index (χ1n) is 5.43. The predicted molar refractivity (Wildman–Crippen MR) is 93.8 cm³/mol. The van der Waals surface area contributed by atoms with Gasteiger partial charge in [-0.25, -0.2) is 8.42 Å². The minimum absolute atomic E-state index is 0.0478. The zero-order chi connectivity index (χ0) is 16.7. The molecule has 3 nitrogen and oxygen atoms in total. The van der Waals surface area contributed by atoms with E-state index in [0.29, 0.717) is 0 Å². The maximum Gasteiger partial charge on any atom is 0.263 e. The maximum absolute atomic E-state index is 12.4. The molecule has 2 aromatic carbocycles. The summed E-state index contributed by atoms with van der Waals surface area (Å²) in [5, 5.41) is 0.517. The molecule has 0 aliphatic heterocycles. The highest BCUT2D eigenvalue weighted by atomic mass is 35.5. The molecular formula is C12H5Cl6NO2S. The van der Waals surface area contributed by atoms with E-state index in [2.05, 4.69) is 4.72 Å². The number of rotatable bonds is 3. The summed E-state index contributed by atoms with van der Waals surface area (Å²) < 4.78 is 27.1. The number of hydrogen-bond donors (Lipinski definition) is 1. The quantitative estimate of drug-likeness (QED) is 0.562. The van der Waals surface area contributed by atoms with E-state index >= 15 is 0 Å². The van der Waals surface area contributed by atoms with Crippen LogP contribution < -0.4 is 4.72 Å². The summed E-state index contributed by atoms with van der Waals surface area (Å²) in [6.07, 6.45) is 0. The topological polar surface area (TPSA) is 46.2 Å². The van der Waals surface area contributed by atoms with Gasteiger partial charge in [0, 0.05) is 0 Å². The normalized spacial score (nSPS) is 11.5. The van der Waals surface area contributed by atoms with Crippen molar-refractivity contribution in [1.29, 1.82) is 0 Å². The number of nitrogens with one attached hydrogen (secondary N) is 1. The van der Waals surface area contributed by atoms with Gasteiger partial charge in [0.05, 0.1) is 35.8 Å². The Morgan fingerprint density at radius 2 is 1.09 bits per heavy atom. The zero-order valence-corrected chi connectivity index (χ0v) is 15.7. The third-order valence-electron chi connectivity index (χ3n) is 2.52. The fraction of sp³-hybridized carbons (Fsp3) is 0. The van der Waals surface area contributed by atoms with Gasteiger partial charge in [0.2, 0.25) is 0 Å². The first-order chi connectivity index (χ1) is 10.1. The van der Waals surface area contributed by atoms with Crippen LogP contribution >= 0.6 is 69.6 Å². The van der Waals surface area contributed by atoms with Crippen LogP contribution in [0.4, 0.5) is 5.69 Å². The lowest BCUT2D eigenvalue weighted by molar-refractivity contribution is 0.601. The van der Waals surface area contributed by atoms with Gasteiger partial charge in [0.25, 0.3) is 10.0 Å². The molecule has 0 atom stereocenters. The summed E-state index contributed by atoms with van der Waals surface area (Å²) in [6.45, 7) is 0. The molecule has 0 radical (unpaired) electrons. The van der Waals surface area contributed by atoms with Gasteiger partial charge >= 0.3 is 0 Å². The third-order valence-corrected chi connectivity index (χ3v) is 6.11. The van der Waals surface area contributed by atoms with E-state index in [0.717, 1.165) is 6.07 Å². The van der Waals surface area contributed by atoms with E-state index in [4.69, 9.17) is 69.6 Å². The molecule has 0 bridgehead atoms. The van der Waals surface area contributed by atoms with E-state index in [-0.39, 0.29) is 40.7 Å². The zero-order valence-electron chi connectivity index (χ0n) is 10.3. The van der Waals surface area contributed by atoms with Crippen molar-refractivity contribution in [1.82, 2.24) is 0 Å². The van der Waals surface area contributed by atoms with Crippen molar-refractivity contribution in [3.63, 3.8) is 0 Å². The summed E-state index contributed by atoms with van der Waals surface area (Å²) in [7, 11) is -4.05. The van der Waals surface area contributed by atoms with Crippen molar-refractivity contribution in [2.75, 3.05) is 4.72 Å². The highest BCUT2D eigenvalue weighted by Crippen LogP contribution is 2.36. The Morgan fingerprint density at radius 1 is 0.636 bits per heavy atom. The van der Waals surface area contributed by atoms with Crippen molar-refractivity contribution < 1.29 is 8.42 Å². The van der Waals surface area contributed by atoms with Crippen LogP contribution in [0.15, 0.2) is 29.2 Å². The monoisotopic (exact) mass is 437 g/mol. The number of sulfonamides is 1. The molecule has 2 rings (SSSR count). The van der Waals surface area contributed by atoms with Crippen molar-refractivity contribution in [3.8, 4) is 0 Å². The SMILES string of the molecule is O=S(=O)(Nc1cc(Cl)c(Cl)cc1Cl)c1cc(Cl)c(Cl)cc1Cl. The van der Waals surface area contributed by atoms with E-state index in [1.807, 2.05) is 0 Å². The molecule has 22 heavy (non-hydrogen) atoms. The van der Waals surface area contributed by atoms with Crippen LogP contribution in [0.2, 0.25) is 30.1 Å². The van der Waals surface area contributed by atoms with E-state index in [1.165, 1.54) is 18.2 Å². The summed E-state index contributed by atoms with van der Waals surface area (Å²) in [4.78, 5) is -0.245.